The normalized spacial score (nSPS) is 11.4. The van der Waals surface area contributed by atoms with Crippen LogP contribution in [0.2, 0.25) is 0 Å². The number of ketones is 1. The van der Waals surface area contributed by atoms with Gasteiger partial charge in [-0.05, 0) is 37.6 Å². The molecule has 0 fully saturated rings. The third-order valence-electron chi connectivity index (χ3n) is 4.00. The first-order valence-electron chi connectivity index (χ1n) is 9.27. The molecule has 0 aliphatic heterocycles. The van der Waals surface area contributed by atoms with Crippen molar-refractivity contribution < 1.29 is 23.9 Å². The number of carbonyl (C=O) groups is 3. The molecule has 0 aliphatic carbocycles. The Labute approximate surface area is 164 Å². The first kappa shape index (κ1) is 21.2. The van der Waals surface area contributed by atoms with Crippen LogP contribution in [-0.4, -0.2) is 36.9 Å². The molecule has 148 valence electrons. The number of benzene rings is 2. The Balaban J connectivity index is 1.76. The molecule has 2 rings (SSSR count). The van der Waals surface area contributed by atoms with E-state index in [0.717, 1.165) is 12.8 Å². The highest BCUT2D eigenvalue weighted by molar-refractivity contribution is 6.08. The van der Waals surface area contributed by atoms with Crippen LogP contribution in [-0.2, 0) is 14.3 Å². The van der Waals surface area contributed by atoms with E-state index >= 15 is 0 Å². The summed E-state index contributed by atoms with van der Waals surface area (Å²) >= 11 is 0. The maximum Gasteiger partial charge on any atom is 0.344 e. The Hall–Kier alpha value is -3.15. The number of esters is 1. The largest absolute Gasteiger partial charge is 0.482 e. The van der Waals surface area contributed by atoms with Gasteiger partial charge >= 0.3 is 5.97 Å². The second-order valence-corrected chi connectivity index (χ2v) is 6.43. The SMILES string of the molecule is CCC[C@H](C)NC(=O)COC(=O)COc1ccc(C(=O)c2ccccc2)cc1. The van der Waals surface area contributed by atoms with Gasteiger partial charge < -0.3 is 14.8 Å². The monoisotopic (exact) mass is 383 g/mol. The van der Waals surface area contributed by atoms with Crippen LogP contribution in [0.3, 0.4) is 0 Å². The fourth-order valence-corrected chi connectivity index (χ4v) is 2.61. The minimum atomic E-state index is -0.636. The molecular formula is C22H25NO5. The van der Waals surface area contributed by atoms with Gasteiger partial charge in [0.25, 0.3) is 5.91 Å². The highest BCUT2D eigenvalue weighted by atomic mass is 16.6. The summed E-state index contributed by atoms with van der Waals surface area (Å²) in [5, 5.41) is 2.75. The van der Waals surface area contributed by atoms with Crippen LogP contribution in [0.15, 0.2) is 54.6 Å². The summed E-state index contributed by atoms with van der Waals surface area (Å²) in [7, 11) is 0. The summed E-state index contributed by atoms with van der Waals surface area (Å²) in [6.45, 7) is 3.28. The maximum atomic E-state index is 12.3. The van der Waals surface area contributed by atoms with Gasteiger partial charge in [0.15, 0.2) is 19.0 Å². The molecule has 28 heavy (non-hydrogen) atoms. The van der Waals surface area contributed by atoms with E-state index in [1.54, 1.807) is 48.5 Å². The molecule has 6 nitrogen and oxygen atoms in total. The number of amides is 1. The molecular weight excluding hydrogens is 358 g/mol. The molecule has 0 unspecified atom stereocenters. The molecule has 1 N–H and O–H groups in total. The minimum absolute atomic E-state index is 0.0459. The quantitative estimate of drug-likeness (QED) is 0.503. The Kier molecular flexibility index (Phi) is 8.21. The molecule has 0 aromatic heterocycles. The fourth-order valence-electron chi connectivity index (χ4n) is 2.61. The number of hydrogen-bond acceptors (Lipinski definition) is 5. The standard InChI is InChI=1S/C22H25NO5/c1-3-7-16(2)23-20(24)14-28-21(25)15-27-19-12-10-18(11-13-19)22(26)17-8-5-4-6-9-17/h4-6,8-13,16H,3,7,14-15H2,1-2H3,(H,23,24)/t16-/m0/s1. The van der Waals surface area contributed by atoms with Gasteiger partial charge in [-0.25, -0.2) is 4.79 Å². The van der Waals surface area contributed by atoms with Gasteiger partial charge in [-0.15, -0.1) is 0 Å². The van der Waals surface area contributed by atoms with Crippen LogP contribution in [0.4, 0.5) is 0 Å². The second kappa shape index (κ2) is 10.9. The molecule has 0 bridgehead atoms. The molecule has 0 saturated carbocycles. The lowest BCUT2D eigenvalue weighted by atomic mass is 10.0. The zero-order valence-electron chi connectivity index (χ0n) is 16.1. The Morgan fingerprint density at radius 2 is 1.57 bits per heavy atom. The molecule has 0 radical (unpaired) electrons. The number of hydrogen-bond donors (Lipinski definition) is 1. The van der Waals surface area contributed by atoms with E-state index in [0.29, 0.717) is 16.9 Å². The summed E-state index contributed by atoms with van der Waals surface area (Å²) in [4.78, 5) is 35.7. The molecule has 2 aromatic carbocycles. The molecule has 1 atom stereocenters. The van der Waals surface area contributed by atoms with Crippen molar-refractivity contribution in [2.75, 3.05) is 13.2 Å². The third kappa shape index (κ3) is 6.87. The maximum absolute atomic E-state index is 12.3. The van der Waals surface area contributed by atoms with Gasteiger partial charge in [-0.1, -0.05) is 43.7 Å². The molecule has 0 heterocycles. The van der Waals surface area contributed by atoms with E-state index < -0.39 is 5.97 Å². The average Bonchev–Trinajstić information content (AvgIpc) is 2.71. The lowest BCUT2D eigenvalue weighted by molar-refractivity contribution is -0.150. The Morgan fingerprint density at radius 3 is 2.21 bits per heavy atom. The topological polar surface area (TPSA) is 81.7 Å². The van der Waals surface area contributed by atoms with Crippen LogP contribution in [0.1, 0.15) is 42.6 Å². The van der Waals surface area contributed by atoms with Gasteiger partial charge in [0.05, 0.1) is 0 Å². The zero-order chi connectivity index (χ0) is 20.4. The van der Waals surface area contributed by atoms with Gasteiger partial charge in [0, 0.05) is 17.2 Å². The van der Waals surface area contributed by atoms with Crippen molar-refractivity contribution in [2.24, 2.45) is 0 Å². The van der Waals surface area contributed by atoms with Crippen molar-refractivity contribution in [3.05, 3.63) is 65.7 Å². The van der Waals surface area contributed by atoms with Gasteiger partial charge in [-0.2, -0.15) is 0 Å². The summed E-state index contributed by atoms with van der Waals surface area (Å²) in [6.07, 6.45) is 1.83. The second-order valence-electron chi connectivity index (χ2n) is 6.43. The lowest BCUT2D eigenvalue weighted by Crippen LogP contribution is -2.36. The van der Waals surface area contributed by atoms with Crippen molar-refractivity contribution in [2.45, 2.75) is 32.7 Å². The van der Waals surface area contributed by atoms with Crippen LogP contribution in [0.5, 0.6) is 5.75 Å². The van der Waals surface area contributed by atoms with Crippen molar-refractivity contribution in [3.63, 3.8) is 0 Å². The zero-order valence-corrected chi connectivity index (χ0v) is 16.1. The Morgan fingerprint density at radius 1 is 0.929 bits per heavy atom. The van der Waals surface area contributed by atoms with Crippen LogP contribution in [0.25, 0.3) is 0 Å². The summed E-state index contributed by atoms with van der Waals surface area (Å²) in [5.74, 6) is -0.627. The van der Waals surface area contributed by atoms with E-state index in [2.05, 4.69) is 5.32 Å². The smallest absolute Gasteiger partial charge is 0.344 e. The summed E-state index contributed by atoms with van der Waals surface area (Å²) in [5.41, 5.74) is 1.13. The van der Waals surface area contributed by atoms with E-state index in [4.69, 9.17) is 9.47 Å². The molecule has 0 aliphatic rings. The van der Waals surface area contributed by atoms with Gasteiger partial charge in [0.1, 0.15) is 5.75 Å². The lowest BCUT2D eigenvalue weighted by Gasteiger charge is -2.13. The summed E-state index contributed by atoms with van der Waals surface area (Å²) < 4.78 is 10.2. The fraction of sp³-hybridized carbons (Fsp3) is 0.318. The minimum Gasteiger partial charge on any atom is -0.482 e. The number of carbonyl (C=O) groups excluding carboxylic acids is 3. The predicted molar refractivity (Wildman–Crippen MR) is 105 cm³/mol. The molecule has 2 aromatic rings. The van der Waals surface area contributed by atoms with E-state index in [-0.39, 0.29) is 30.9 Å². The van der Waals surface area contributed by atoms with E-state index in [9.17, 15) is 14.4 Å². The van der Waals surface area contributed by atoms with Crippen LogP contribution >= 0.6 is 0 Å². The molecule has 6 heteroatoms. The van der Waals surface area contributed by atoms with Crippen molar-refractivity contribution >= 4 is 17.7 Å². The van der Waals surface area contributed by atoms with Crippen molar-refractivity contribution in [1.29, 1.82) is 0 Å². The van der Waals surface area contributed by atoms with Crippen LogP contribution < -0.4 is 10.1 Å². The Bertz CT molecular complexity index is 786. The van der Waals surface area contributed by atoms with Crippen LogP contribution in [0, 0.1) is 0 Å². The molecule has 0 saturated heterocycles. The number of rotatable bonds is 10. The highest BCUT2D eigenvalue weighted by Gasteiger charge is 2.12. The molecule has 1 amide bonds. The van der Waals surface area contributed by atoms with E-state index in [1.165, 1.54) is 0 Å². The highest BCUT2D eigenvalue weighted by Crippen LogP contribution is 2.15. The number of ether oxygens (including phenoxy) is 2. The van der Waals surface area contributed by atoms with E-state index in [1.807, 2.05) is 19.9 Å². The first-order chi connectivity index (χ1) is 13.5. The average molecular weight is 383 g/mol. The van der Waals surface area contributed by atoms with Gasteiger partial charge in [0.2, 0.25) is 0 Å². The number of nitrogens with one attached hydrogen (secondary N) is 1. The first-order valence-corrected chi connectivity index (χ1v) is 9.27. The predicted octanol–water partition coefficient (Wildman–Crippen LogP) is 3.14. The van der Waals surface area contributed by atoms with Crippen molar-refractivity contribution in [3.8, 4) is 5.75 Å². The molecule has 0 spiro atoms. The summed E-state index contributed by atoms with van der Waals surface area (Å²) in [6, 6.07) is 15.5. The third-order valence-corrected chi connectivity index (χ3v) is 4.00. The van der Waals surface area contributed by atoms with Crippen molar-refractivity contribution in [1.82, 2.24) is 5.32 Å². The van der Waals surface area contributed by atoms with Gasteiger partial charge in [-0.3, -0.25) is 9.59 Å².